The highest BCUT2D eigenvalue weighted by Crippen LogP contribution is 2.16. The predicted octanol–water partition coefficient (Wildman–Crippen LogP) is 1.63. The molecule has 138 valence electrons. The summed E-state index contributed by atoms with van der Waals surface area (Å²) in [6.07, 6.45) is 3.42. The summed E-state index contributed by atoms with van der Waals surface area (Å²) >= 11 is 0. The number of carbonyl (C=O) groups excluding carboxylic acids is 1. The van der Waals surface area contributed by atoms with Gasteiger partial charge >= 0.3 is 5.69 Å². The monoisotopic (exact) mass is 355 g/mol. The first-order valence-corrected chi connectivity index (χ1v) is 9.07. The minimum Gasteiger partial charge on any atom is -0.341 e. The summed E-state index contributed by atoms with van der Waals surface area (Å²) in [7, 11) is 0. The van der Waals surface area contributed by atoms with Gasteiger partial charge in [-0.15, -0.1) is 0 Å². The van der Waals surface area contributed by atoms with Crippen molar-refractivity contribution < 1.29 is 4.79 Å². The summed E-state index contributed by atoms with van der Waals surface area (Å²) in [5.74, 6) is 0.453. The Morgan fingerprint density at radius 2 is 1.73 bits per heavy atom. The van der Waals surface area contributed by atoms with Gasteiger partial charge in [0.1, 0.15) is 6.54 Å². The number of hydrogen-bond acceptors (Lipinski definition) is 3. The molecule has 1 aromatic heterocycles. The van der Waals surface area contributed by atoms with Gasteiger partial charge in [0.2, 0.25) is 5.91 Å². The average molecular weight is 355 g/mol. The highest BCUT2D eigenvalue weighted by molar-refractivity contribution is 5.76. The van der Waals surface area contributed by atoms with E-state index in [4.69, 9.17) is 0 Å². The largest absolute Gasteiger partial charge is 0.341 e. The number of nitrogens with zero attached hydrogens (tertiary/aromatic N) is 3. The van der Waals surface area contributed by atoms with Crippen LogP contribution < -0.4 is 11.2 Å². The maximum Gasteiger partial charge on any atom is 0.331 e. The van der Waals surface area contributed by atoms with Gasteiger partial charge in [0.25, 0.3) is 5.56 Å². The number of amides is 1. The number of aryl methyl sites for hydroxylation is 1. The second kappa shape index (κ2) is 7.72. The molecule has 0 radical (unpaired) electrons. The van der Waals surface area contributed by atoms with E-state index >= 15 is 0 Å². The zero-order chi connectivity index (χ0) is 18.7. The third-order valence-corrected chi connectivity index (χ3v) is 5.04. The lowest BCUT2D eigenvalue weighted by Crippen LogP contribution is -2.46. The van der Waals surface area contributed by atoms with E-state index in [9.17, 15) is 14.4 Å². The third kappa shape index (κ3) is 4.12. The predicted molar refractivity (Wildman–Crippen MR) is 100 cm³/mol. The van der Waals surface area contributed by atoms with E-state index in [2.05, 4.69) is 6.92 Å². The number of carbonyl (C=O) groups is 1. The van der Waals surface area contributed by atoms with E-state index in [1.807, 2.05) is 31.2 Å². The van der Waals surface area contributed by atoms with Gasteiger partial charge in [0, 0.05) is 25.4 Å². The fourth-order valence-corrected chi connectivity index (χ4v) is 3.21. The van der Waals surface area contributed by atoms with Crippen LogP contribution in [0, 0.1) is 12.8 Å². The molecule has 6 heteroatoms. The lowest BCUT2D eigenvalue weighted by Gasteiger charge is -2.30. The lowest BCUT2D eigenvalue weighted by atomic mass is 9.99. The molecular formula is C20H25N3O3. The number of hydrogen-bond donors (Lipinski definition) is 0. The standard InChI is InChI=1S/C20H25N3O3/c1-15-3-5-17(6-4-15)13-22-12-9-18(24)23(20(22)26)14-19(25)21-10-7-16(2)8-11-21/h3-6,9,12,16H,7-8,10-11,13-14H2,1-2H3. The second-order valence-electron chi connectivity index (χ2n) is 7.20. The van der Waals surface area contributed by atoms with Crippen molar-refractivity contribution in [2.75, 3.05) is 13.1 Å². The lowest BCUT2D eigenvalue weighted by molar-refractivity contribution is -0.133. The van der Waals surface area contributed by atoms with Crippen LogP contribution in [0.4, 0.5) is 0 Å². The quantitative estimate of drug-likeness (QED) is 0.837. The van der Waals surface area contributed by atoms with Gasteiger partial charge in [-0.3, -0.25) is 18.7 Å². The molecular weight excluding hydrogens is 330 g/mol. The van der Waals surface area contributed by atoms with E-state index < -0.39 is 11.2 Å². The van der Waals surface area contributed by atoms with Crippen molar-refractivity contribution in [2.45, 2.75) is 39.8 Å². The normalized spacial score (nSPS) is 15.2. The zero-order valence-corrected chi connectivity index (χ0v) is 15.4. The minimum absolute atomic E-state index is 0.163. The van der Waals surface area contributed by atoms with Crippen LogP contribution in [-0.4, -0.2) is 33.0 Å². The molecule has 3 rings (SSSR count). The van der Waals surface area contributed by atoms with E-state index in [1.54, 1.807) is 4.90 Å². The van der Waals surface area contributed by atoms with Gasteiger partial charge in [0.15, 0.2) is 0 Å². The molecule has 0 unspecified atom stereocenters. The van der Waals surface area contributed by atoms with Crippen LogP contribution in [-0.2, 0) is 17.9 Å². The molecule has 26 heavy (non-hydrogen) atoms. The third-order valence-electron chi connectivity index (χ3n) is 5.04. The van der Waals surface area contributed by atoms with Crippen LogP contribution >= 0.6 is 0 Å². The molecule has 0 atom stereocenters. The smallest absolute Gasteiger partial charge is 0.331 e. The molecule has 6 nitrogen and oxygen atoms in total. The highest BCUT2D eigenvalue weighted by atomic mass is 16.2. The molecule has 0 aliphatic carbocycles. The first kappa shape index (κ1) is 18.2. The summed E-state index contributed by atoms with van der Waals surface area (Å²) in [6.45, 7) is 5.74. The van der Waals surface area contributed by atoms with Crippen LogP contribution in [0.2, 0.25) is 0 Å². The Bertz CT molecular complexity index is 888. The van der Waals surface area contributed by atoms with Crippen LogP contribution in [0.3, 0.4) is 0 Å². The Balaban J connectivity index is 1.79. The van der Waals surface area contributed by atoms with Crippen LogP contribution in [0.15, 0.2) is 46.1 Å². The molecule has 2 aromatic rings. The van der Waals surface area contributed by atoms with Crippen molar-refractivity contribution in [1.29, 1.82) is 0 Å². The first-order chi connectivity index (χ1) is 12.4. The van der Waals surface area contributed by atoms with Crippen LogP contribution in [0.1, 0.15) is 30.9 Å². The van der Waals surface area contributed by atoms with E-state index in [1.165, 1.54) is 16.8 Å². The number of aromatic nitrogens is 2. The van der Waals surface area contributed by atoms with Gasteiger partial charge in [-0.05, 0) is 31.2 Å². The van der Waals surface area contributed by atoms with E-state index in [0.717, 1.165) is 28.5 Å². The molecule has 0 saturated carbocycles. The van der Waals surface area contributed by atoms with Crippen LogP contribution in [0.5, 0.6) is 0 Å². The Morgan fingerprint density at radius 3 is 2.38 bits per heavy atom. The summed E-state index contributed by atoms with van der Waals surface area (Å²) in [5.41, 5.74) is 1.23. The van der Waals surface area contributed by atoms with Crippen molar-refractivity contribution in [3.8, 4) is 0 Å². The number of benzene rings is 1. The van der Waals surface area contributed by atoms with Crippen molar-refractivity contribution in [3.05, 3.63) is 68.5 Å². The summed E-state index contributed by atoms with van der Waals surface area (Å²) in [6, 6.07) is 9.23. The van der Waals surface area contributed by atoms with Crippen molar-refractivity contribution >= 4 is 5.91 Å². The SMILES string of the molecule is Cc1ccc(Cn2ccc(=O)n(CC(=O)N3CCC(C)CC3)c2=O)cc1. The molecule has 0 N–H and O–H groups in total. The second-order valence-corrected chi connectivity index (χ2v) is 7.20. The topological polar surface area (TPSA) is 64.3 Å². The summed E-state index contributed by atoms with van der Waals surface area (Å²) < 4.78 is 2.51. The molecule has 0 spiro atoms. The highest BCUT2D eigenvalue weighted by Gasteiger charge is 2.21. The molecule has 1 aliphatic rings. The average Bonchev–Trinajstić information content (AvgIpc) is 2.63. The molecule has 1 aromatic carbocycles. The fraction of sp³-hybridized carbons (Fsp3) is 0.450. The first-order valence-electron chi connectivity index (χ1n) is 9.07. The Hall–Kier alpha value is -2.63. The van der Waals surface area contributed by atoms with Gasteiger partial charge < -0.3 is 4.90 Å². The molecule has 2 heterocycles. The molecule has 0 bridgehead atoms. The summed E-state index contributed by atoms with van der Waals surface area (Å²) in [4.78, 5) is 39.1. The van der Waals surface area contributed by atoms with Crippen molar-refractivity contribution in [2.24, 2.45) is 5.92 Å². The van der Waals surface area contributed by atoms with Gasteiger partial charge in [-0.1, -0.05) is 36.8 Å². The molecule has 1 aliphatic heterocycles. The van der Waals surface area contributed by atoms with Crippen LogP contribution in [0.25, 0.3) is 0 Å². The molecule has 1 fully saturated rings. The number of rotatable bonds is 4. The molecule has 1 amide bonds. The Labute approximate surface area is 152 Å². The van der Waals surface area contributed by atoms with Gasteiger partial charge in [-0.2, -0.15) is 0 Å². The van der Waals surface area contributed by atoms with Crippen molar-refractivity contribution in [1.82, 2.24) is 14.0 Å². The fourth-order valence-electron chi connectivity index (χ4n) is 3.21. The minimum atomic E-state index is -0.447. The van der Waals surface area contributed by atoms with Gasteiger partial charge in [-0.25, -0.2) is 4.79 Å². The summed E-state index contributed by atoms with van der Waals surface area (Å²) in [5, 5.41) is 0. The van der Waals surface area contributed by atoms with E-state index in [0.29, 0.717) is 25.6 Å². The maximum absolute atomic E-state index is 12.7. The zero-order valence-electron chi connectivity index (χ0n) is 15.4. The van der Waals surface area contributed by atoms with E-state index in [-0.39, 0.29) is 12.5 Å². The van der Waals surface area contributed by atoms with Crippen molar-refractivity contribution in [3.63, 3.8) is 0 Å². The number of likely N-dealkylation sites (tertiary alicyclic amines) is 1. The Morgan fingerprint density at radius 1 is 1.08 bits per heavy atom. The Kier molecular flexibility index (Phi) is 5.40. The number of piperidine rings is 1. The maximum atomic E-state index is 12.7. The van der Waals surface area contributed by atoms with Gasteiger partial charge in [0.05, 0.1) is 6.54 Å². The molecule has 1 saturated heterocycles.